The molecule has 1 aliphatic heterocycles. The lowest BCUT2D eigenvalue weighted by molar-refractivity contribution is 0.0545. The second-order valence-electron chi connectivity index (χ2n) is 5.97. The highest BCUT2D eigenvalue weighted by molar-refractivity contribution is 8.35. The van der Waals surface area contributed by atoms with E-state index in [2.05, 4.69) is 46.7 Å². The number of nitrogens with one attached hydrogen (secondary N) is 1. The Kier molecular flexibility index (Phi) is 5.28. The predicted molar refractivity (Wildman–Crippen MR) is 95.5 cm³/mol. The molecule has 120 valence electrons. The van der Waals surface area contributed by atoms with E-state index in [0.29, 0.717) is 18.9 Å². The number of ether oxygens (including phenoxy) is 1. The first-order valence-electron chi connectivity index (χ1n) is 7.18. The summed E-state index contributed by atoms with van der Waals surface area (Å²) in [6.07, 6.45) is 6.46. The molecular formula is C17H24N2O2S. The van der Waals surface area contributed by atoms with Crippen molar-refractivity contribution in [1.29, 1.82) is 0 Å². The number of phenols is 1. The number of rotatable bonds is 3. The minimum atomic E-state index is -0.869. The Balaban J connectivity index is 2.12. The number of hydrogen-bond acceptors (Lipinski definition) is 4. The molecule has 0 atom stereocenters. The van der Waals surface area contributed by atoms with E-state index in [1.54, 1.807) is 6.07 Å². The Labute approximate surface area is 134 Å². The van der Waals surface area contributed by atoms with E-state index in [9.17, 15) is 5.11 Å². The lowest BCUT2D eigenvalue weighted by atomic mass is 10.2. The Morgan fingerprint density at radius 1 is 1.32 bits per heavy atom. The van der Waals surface area contributed by atoms with Crippen molar-refractivity contribution in [3.05, 3.63) is 36.2 Å². The molecule has 1 heterocycles. The summed E-state index contributed by atoms with van der Waals surface area (Å²) >= 11 is 0. The van der Waals surface area contributed by atoms with Crippen molar-refractivity contribution in [2.24, 2.45) is 0 Å². The standard InChI is InChI=1S/C17H24N2O2S/c1-14(19-8-10-21-11-9-19)18-16-13-15(5-6-17(16)20)7-12-22(2,3)4/h5-6,13,18,20H,1,8-11H2,2-4H3. The van der Waals surface area contributed by atoms with Gasteiger partial charge >= 0.3 is 0 Å². The van der Waals surface area contributed by atoms with Crippen LogP contribution in [0.1, 0.15) is 5.56 Å². The van der Waals surface area contributed by atoms with Crippen molar-refractivity contribution < 1.29 is 9.84 Å². The lowest BCUT2D eigenvalue weighted by Crippen LogP contribution is -2.37. The van der Waals surface area contributed by atoms with E-state index in [0.717, 1.165) is 24.5 Å². The molecule has 2 rings (SSSR count). The van der Waals surface area contributed by atoms with Gasteiger partial charge in [0.25, 0.3) is 0 Å². The number of phenolic OH excluding ortho intramolecular Hbond substituents is 1. The zero-order valence-corrected chi connectivity index (χ0v) is 14.3. The van der Waals surface area contributed by atoms with Crippen molar-refractivity contribution >= 4 is 15.7 Å². The molecule has 1 aromatic rings. The van der Waals surface area contributed by atoms with Gasteiger partial charge in [-0.1, -0.05) is 12.5 Å². The predicted octanol–water partition coefficient (Wildman–Crippen LogP) is 2.61. The van der Waals surface area contributed by atoms with Crippen LogP contribution in [-0.2, 0) is 4.74 Å². The highest BCUT2D eigenvalue weighted by Gasteiger charge is 2.13. The third kappa shape index (κ3) is 4.90. The zero-order chi connectivity index (χ0) is 16.2. The number of benzene rings is 1. The monoisotopic (exact) mass is 320 g/mol. The van der Waals surface area contributed by atoms with Gasteiger partial charge in [0.15, 0.2) is 0 Å². The molecule has 5 heteroatoms. The fraction of sp³-hybridized carbons (Fsp3) is 0.412. The van der Waals surface area contributed by atoms with Crippen molar-refractivity contribution in [1.82, 2.24) is 4.90 Å². The number of hydrogen-bond donors (Lipinski definition) is 2. The van der Waals surface area contributed by atoms with Crippen molar-refractivity contribution in [2.75, 3.05) is 50.4 Å². The van der Waals surface area contributed by atoms with Crippen LogP contribution < -0.4 is 5.32 Å². The molecule has 0 spiro atoms. The number of nitrogens with zero attached hydrogens (tertiary/aromatic N) is 1. The lowest BCUT2D eigenvalue weighted by Gasteiger charge is -2.30. The minimum absolute atomic E-state index is 0.197. The van der Waals surface area contributed by atoms with Gasteiger partial charge in [-0.15, -0.1) is 0 Å². The second-order valence-corrected chi connectivity index (χ2v) is 9.85. The molecule has 1 fully saturated rings. The molecule has 1 saturated heterocycles. The van der Waals surface area contributed by atoms with E-state index in [-0.39, 0.29) is 5.75 Å². The van der Waals surface area contributed by atoms with E-state index in [1.165, 1.54) is 0 Å². The van der Waals surface area contributed by atoms with Crippen LogP contribution in [0.3, 0.4) is 0 Å². The summed E-state index contributed by atoms with van der Waals surface area (Å²) in [6, 6.07) is 5.35. The first kappa shape index (κ1) is 16.6. The summed E-state index contributed by atoms with van der Waals surface area (Å²) in [5.74, 6) is 4.14. The van der Waals surface area contributed by atoms with Crippen LogP contribution in [0, 0.1) is 11.2 Å². The quantitative estimate of drug-likeness (QED) is 0.664. The molecule has 0 aromatic heterocycles. The molecule has 4 nitrogen and oxygen atoms in total. The molecule has 22 heavy (non-hydrogen) atoms. The smallest absolute Gasteiger partial charge is 0.139 e. The highest BCUT2D eigenvalue weighted by Crippen LogP contribution is 2.33. The van der Waals surface area contributed by atoms with Gasteiger partial charge in [0.1, 0.15) is 5.75 Å². The Hall–Kier alpha value is -1.77. The molecule has 0 amide bonds. The van der Waals surface area contributed by atoms with E-state index < -0.39 is 10.0 Å². The van der Waals surface area contributed by atoms with Crippen LogP contribution in [0.2, 0.25) is 0 Å². The van der Waals surface area contributed by atoms with Crippen LogP contribution in [0.5, 0.6) is 5.75 Å². The van der Waals surface area contributed by atoms with Crippen molar-refractivity contribution in [3.8, 4) is 16.9 Å². The van der Waals surface area contributed by atoms with E-state index in [1.807, 2.05) is 12.1 Å². The Morgan fingerprint density at radius 3 is 2.64 bits per heavy atom. The molecule has 0 bridgehead atoms. The van der Waals surface area contributed by atoms with Crippen LogP contribution in [0.25, 0.3) is 0 Å². The SMILES string of the molecule is C=C(Nc1cc(C#CS(C)(C)C)ccc1O)N1CCOCC1. The molecule has 2 N–H and O–H groups in total. The van der Waals surface area contributed by atoms with Crippen molar-refractivity contribution in [3.63, 3.8) is 0 Å². The highest BCUT2D eigenvalue weighted by atomic mass is 32.3. The molecule has 0 saturated carbocycles. The fourth-order valence-corrected chi connectivity index (χ4v) is 2.42. The average molecular weight is 320 g/mol. The minimum Gasteiger partial charge on any atom is -0.506 e. The van der Waals surface area contributed by atoms with Crippen LogP contribution in [-0.4, -0.2) is 55.1 Å². The van der Waals surface area contributed by atoms with Gasteiger partial charge < -0.3 is 20.1 Å². The van der Waals surface area contributed by atoms with Gasteiger partial charge in [-0.05, 0) is 42.2 Å². The maximum absolute atomic E-state index is 10.0. The summed E-state index contributed by atoms with van der Waals surface area (Å²) in [5, 5.41) is 16.5. The first-order chi connectivity index (χ1) is 10.3. The maximum atomic E-state index is 10.0. The van der Waals surface area contributed by atoms with Gasteiger partial charge in [0.05, 0.1) is 24.7 Å². The van der Waals surface area contributed by atoms with E-state index >= 15 is 0 Å². The molecule has 0 unspecified atom stereocenters. The summed E-state index contributed by atoms with van der Waals surface area (Å²) in [5.41, 5.74) is 1.52. The third-order valence-corrected chi connectivity index (χ3v) is 3.88. The average Bonchev–Trinajstić information content (AvgIpc) is 2.48. The number of aromatic hydroxyl groups is 1. The zero-order valence-electron chi connectivity index (χ0n) is 13.5. The van der Waals surface area contributed by atoms with Gasteiger partial charge in [-0.2, -0.15) is 10.0 Å². The summed E-state index contributed by atoms with van der Waals surface area (Å²) in [4.78, 5) is 2.11. The normalized spacial score (nSPS) is 15.7. The topological polar surface area (TPSA) is 44.7 Å². The summed E-state index contributed by atoms with van der Waals surface area (Å²) in [6.45, 7) is 7.06. The number of morpholine rings is 1. The van der Waals surface area contributed by atoms with Crippen LogP contribution in [0.15, 0.2) is 30.6 Å². The second kappa shape index (κ2) is 6.99. The Morgan fingerprint density at radius 2 is 2.00 bits per heavy atom. The fourth-order valence-electron chi connectivity index (χ4n) is 1.99. The molecule has 0 radical (unpaired) electrons. The van der Waals surface area contributed by atoms with Crippen LogP contribution >= 0.6 is 10.0 Å². The van der Waals surface area contributed by atoms with E-state index in [4.69, 9.17) is 4.74 Å². The summed E-state index contributed by atoms with van der Waals surface area (Å²) in [7, 11) is -0.869. The van der Waals surface area contributed by atoms with Crippen LogP contribution in [0.4, 0.5) is 5.69 Å². The molecule has 1 aliphatic rings. The van der Waals surface area contributed by atoms with Gasteiger partial charge in [0, 0.05) is 18.7 Å². The van der Waals surface area contributed by atoms with Gasteiger partial charge in [-0.3, -0.25) is 0 Å². The maximum Gasteiger partial charge on any atom is 0.139 e. The third-order valence-electron chi connectivity index (χ3n) is 3.17. The van der Waals surface area contributed by atoms with Gasteiger partial charge in [0.2, 0.25) is 0 Å². The summed E-state index contributed by atoms with van der Waals surface area (Å²) < 4.78 is 5.33. The number of anilines is 1. The Bertz CT molecular complexity index is 605. The van der Waals surface area contributed by atoms with Gasteiger partial charge in [-0.25, -0.2) is 0 Å². The molecular weight excluding hydrogens is 296 g/mol. The molecule has 1 aromatic carbocycles. The van der Waals surface area contributed by atoms with Crippen molar-refractivity contribution in [2.45, 2.75) is 0 Å². The largest absolute Gasteiger partial charge is 0.506 e. The first-order valence-corrected chi connectivity index (χ1v) is 10.0. The molecule has 0 aliphatic carbocycles.